The number of anilines is 1. The Bertz CT molecular complexity index is 715. The van der Waals surface area contributed by atoms with Gasteiger partial charge in [0.1, 0.15) is 5.69 Å². The predicted molar refractivity (Wildman–Crippen MR) is 90.9 cm³/mol. The highest BCUT2D eigenvalue weighted by Gasteiger charge is 2.11. The van der Waals surface area contributed by atoms with E-state index >= 15 is 0 Å². The quantitative estimate of drug-likeness (QED) is 0.760. The summed E-state index contributed by atoms with van der Waals surface area (Å²) in [4.78, 5) is 11.8. The van der Waals surface area contributed by atoms with Crippen LogP contribution in [0.15, 0.2) is 24.3 Å². The van der Waals surface area contributed by atoms with E-state index in [1.54, 1.807) is 12.1 Å². The van der Waals surface area contributed by atoms with Gasteiger partial charge in [-0.05, 0) is 50.5 Å². The number of amides is 2. The van der Waals surface area contributed by atoms with Gasteiger partial charge in [0.25, 0.3) is 0 Å². The monoisotopic (exact) mass is 334 g/mol. The molecule has 24 heavy (non-hydrogen) atoms. The van der Waals surface area contributed by atoms with Crippen molar-refractivity contribution in [2.45, 2.75) is 27.2 Å². The topological polar surface area (TPSA) is 79.2 Å². The lowest BCUT2D eigenvalue weighted by atomic mass is 10.1. The number of aliphatic hydroxyl groups is 1. The van der Waals surface area contributed by atoms with Gasteiger partial charge in [0.15, 0.2) is 5.82 Å². The number of aliphatic hydroxyl groups excluding tert-OH is 1. The Kier molecular flexibility index (Phi) is 5.92. The van der Waals surface area contributed by atoms with Crippen molar-refractivity contribution in [1.82, 2.24) is 15.1 Å². The van der Waals surface area contributed by atoms with Crippen LogP contribution in [0.4, 0.5) is 14.9 Å². The predicted octanol–water partition coefficient (Wildman–Crippen LogP) is 2.77. The second-order valence-electron chi connectivity index (χ2n) is 5.96. The molecule has 0 saturated heterocycles. The molecule has 0 saturated carbocycles. The molecule has 0 bridgehead atoms. The number of carbonyl (C=O) groups is 1. The van der Waals surface area contributed by atoms with Gasteiger partial charge in [-0.3, -0.25) is 0 Å². The molecule has 6 nitrogen and oxygen atoms in total. The van der Waals surface area contributed by atoms with Crippen LogP contribution in [0.1, 0.15) is 24.7 Å². The number of urea groups is 1. The van der Waals surface area contributed by atoms with Crippen LogP contribution in [0.3, 0.4) is 0 Å². The fourth-order valence-electron chi connectivity index (χ4n) is 2.39. The van der Waals surface area contributed by atoms with Gasteiger partial charge >= 0.3 is 6.03 Å². The normalized spacial score (nSPS) is 12.0. The number of nitrogens with one attached hydrogen (secondary N) is 2. The summed E-state index contributed by atoms with van der Waals surface area (Å²) in [5.41, 5.74) is 2.35. The number of aryl methyl sites for hydroxylation is 2. The van der Waals surface area contributed by atoms with Crippen molar-refractivity contribution >= 4 is 11.7 Å². The molecular formula is C17H23FN4O2. The number of nitrogens with zero attached hydrogens (tertiary/aromatic N) is 2. The summed E-state index contributed by atoms with van der Waals surface area (Å²) >= 11 is 0. The molecule has 1 atom stereocenters. The Balaban J connectivity index is 2.02. The largest absolute Gasteiger partial charge is 0.396 e. The van der Waals surface area contributed by atoms with Crippen LogP contribution in [0.2, 0.25) is 0 Å². The van der Waals surface area contributed by atoms with Crippen molar-refractivity contribution in [2.75, 3.05) is 18.5 Å². The van der Waals surface area contributed by atoms with Gasteiger partial charge in [-0.15, -0.1) is 0 Å². The first kappa shape index (κ1) is 17.9. The maximum Gasteiger partial charge on any atom is 0.319 e. The molecule has 1 unspecified atom stereocenters. The highest BCUT2D eigenvalue weighted by atomic mass is 19.1. The van der Waals surface area contributed by atoms with Crippen molar-refractivity contribution in [3.8, 4) is 5.69 Å². The minimum absolute atomic E-state index is 0.0868. The molecule has 0 fully saturated rings. The van der Waals surface area contributed by atoms with Crippen LogP contribution in [0.5, 0.6) is 0 Å². The average molecular weight is 334 g/mol. The van der Waals surface area contributed by atoms with E-state index in [1.807, 2.05) is 26.8 Å². The Hall–Kier alpha value is -2.41. The zero-order valence-electron chi connectivity index (χ0n) is 14.1. The van der Waals surface area contributed by atoms with E-state index in [0.29, 0.717) is 24.3 Å². The van der Waals surface area contributed by atoms with E-state index in [1.165, 1.54) is 10.7 Å². The third kappa shape index (κ3) is 4.55. The van der Waals surface area contributed by atoms with Crippen molar-refractivity contribution < 1.29 is 14.3 Å². The van der Waals surface area contributed by atoms with Crippen molar-refractivity contribution in [3.05, 3.63) is 41.5 Å². The number of aromatic nitrogens is 2. The second-order valence-corrected chi connectivity index (χ2v) is 5.96. The maximum absolute atomic E-state index is 14.3. The van der Waals surface area contributed by atoms with Gasteiger partial charge in [0, 0.05) is 24.5 Å². The first-order valence-electron chi connectivity index (χ1n) is 7.89. The second kappa shape index (κ2) is 7.92. The van der Waals surface area contributed by atoms with E-state index in [0.717, 1.165) is 11.4 Å². The van der Waals surface area contributed by atoms with Crippen LogP contribution >= 0.6 is 0 Å². The number of hydrogen-bond acceptors (Lipinski definition) is 3. The molecule has 2 amide bonds. The van der Waals surface area contributed by atoms with Gasteiger partial charge in [0.05, 0.1) is 5.69 Å². The van der Waals surface area contributed by atoms with Crippen molar-refractivity contribution in [1.29, 1.82) is 0 Å². The molecule has 2 aromatic rings. The Morgan fingerprint density at radius 3 is 2.71 bits per heavy atom. The molecule has 0 aliphatic carbocycles. The lowest BCUT2D eigenvalue weighted by Crippen LogP contribution is -2.32. The highest BCUT2D eigenvalue weighted by molar-refractivity contribution is 5.89. The summed E-state index contributed by atoms with van der Waals surface area (Å²) in [6.45, 7) is 6.16. The third-order valence-electron chi connectivity index (χ3n) is 3.68. The number of benzene rings is 1. The van der Waals surface area contributed by atoms with Crippen LogP contribution in [-0.2, 0) is 0 Å². The van der Waals surface area contributed by atoms with E-state index in [-0.39, 0.29) is 12.5 Å². The van der Waals surface area contributed by atoms with E-state index in [4.69, 9.17) is 5.11 Å². The fraction of sp³-hybridized carbons (Fsp3) is 0.412. The van der Waals surface area contributed by atoms with Crippen molar-refractivity contribution in [3.63, 3.8) is 0 Å². The SMILES string of the molecule is Cc1cc(C)n(-c2ccc(NC(=O)NCC(C)CCO)cc2F)n1. The number of halogens is 1. The average Bonchev–Trinajstić information content (AvgIpc) is 2.84. The molecule has 130 valence electrons. The third-order valence-corrected chi connectivity index (χ3v) is 3.68. The lowest BCUT2D eigenvalue weighted by Gasteiger charge is -2.13. The summed E-state index contributed by atoms with van der Waals surface area (Å²) in [5, 5.41) is 18.4. The zero-order chi connectivity index (χ0) is 17.7. The summed E-state index contributed by atoms with van der Waals surface area (Å²) < 4.78 is 15.9. The molecule has 1 heterocycles. The lowest BCUT2D eigenvalue weighted by molar-refractivity contribution is 0.243. The number of hydrogen-bond donors (Lipinski definition) is 3. The van der Waals surface area contributed by atoms with Crippen LogP contribution in [-0.4, -0.2) is 34.1 Å². The van der Waals surface area contributed by atoms with Crippen LogP contribution < -0.4 is 10.6 Å². The van der Waals surface area contributed by atoms with Crippen LogP contribution in [0, 0.1) is 25.6 Å². The Labute approximate surface area is 140 Å². The zero-order valence-corrected chi connectivity index (χ0v) is 14.1. The van der Waals surface area contributed by atoms with Crippen LogP contribution in [0.25, 0.3) is 5.69 Å². The highest BCUT2D eigenvalue weighted by Crippen LogP contribution is 2.19. The fourth-order valence-corrected chi connectivity index (χ4v) is 2.39. The molecule has 2 rings (SSSR count). The summed E-state index contributed by atoms with van der Waals surface area (Å²) in [6.07, 6.45) is 0.617. The Morgan fingerprint density at radius 1 is 1.38 bits per heavy atom. The minimum atomic E-state index is -0.465. The van der Waals surface area contributed by atoms with E-state index in [9.17, 15) is 9.18 Å². The summed E-state index contributed by atoms with van der Waals surface area (Å²) in [7, 11) is 0. The molecule has 1 aromatic carbocycles. The molecular weight excluding hydrogens is 311 g/mol. The summed E-state index contributed by atoms with van der Waals surface area (Å²) in [5.74, 6) is -0.293. The van der Waals surface area contributed by atoms with Gasteiger partial charge in [-0.1, -0.05) is 6.92 Å². The minimum Gasteiger partial charge on any atom is -0.396 e. The standard InChI is InChI=1S/C17H23FN4O2/c1-11(6-7-23)10-19-17(24)20-14-4-5-16(15(18)9-14)22-13(3)8-12(2)21-22/h4-5,8-9,11,23H,6-7,10H2,1-3H3,(H2,19,20,24). The number of rotatable bonds is 6. The molecule has 7 heteroatoms. The Morgan fingerprint density at radius 2 is 2.12 bits per heavy atom. The van der Waals surface area contributed by atoms with E-state index in [2.05, 4.69) is 15.7 Å². The maximum atomic E-state index is 14.3. The summed E-state index contributed by atoms with van der Waals surface area (Å²) in [6, 6.07) is 5.94. The van der Waals surface area contributed by atoms with Gasteiger partial charge < -0.3 is 15.7 Å². The molecule has 3 N–H and O–H groups in total. The first-order chi connectivity index (χ1) is 11.4. The molecule has 0 radical (unpaired) electrons. The van der Waals surface area contributed by atoms with Gasteiger partial charge in [-0.25, -0.2) is 13.9 Å². The van der Waals surface area contributed by atoms with Gasteiger partial charge in [0.2, 0.25) is 0 Å². The van der Waals surface area contributed by atoms with Gasteiger partial charge in [-0.2, -0.15) is 5.10 Å². The smallest absolute Gasteiger partial charge is 0.319 e. The molecule has 0 spiro atoms. The van der Waals surface area contributed by atoms with Crippen molar-refractivity contribution in [2.24, 2.45) is 5.92 Å². The van der Waals surface area contributed by atoms with E-state index < -0.39 is 11.8 Å². The molecule has 1 aromatic heterocycles. The molecule has 0 aliphatic rings. The molecule has 0 aliphatic heterocycles. The first-order valence-corrected chi connectivity index (χ1v) is 7.89. The number of carbonyl (C=O) groups excluding carboxylic acids is 1.